The van der Waals surface area contributed by atoms with Crippen LogP contribution >= 0.6 is 23.2 Å². The summed E-state index contributed by atoms with van der Waals surface area (Å²) in [5.74, 6) is -1.08. The standard InChI is InChI=1S/C21H19Cl2N7O3S/c1-12-7-13(22)8-15(20(31)25-2)18(12)28-21(32)17-9-14(10-34(3,33)27-11-24)29-30(17)19-16(23)5-4-6-26-19/h4-9H,10H2,1-3H3,(H,25,31)(H,28,32). The van der Waals surface area contributed by atoms with Gasteiger partial charge in [0.2, 0.25) is 6.19 Å². The second-order valence-electron chi connectivity index (χ2n) is 7.22. The third kappa shape index (κ3) is 5.53. The van der Waals surface area contributed by atoms with Crippen LogP contribution in [0.2, 0.25) is 10.0 Å². The maximum atomic E-state index is 13.4. The van der Waals surface area contributed by atoms with Crippen molar-refractivity contribution in [2.24, 2.45) is 4.36 Å². The molecule has 34 heavy (non-hydrogen) atoms. The van der Waals surface area contributed by atoms with Gasteiger partial charge in [0, 0.05) is 24.5 Å². The van der Waals surface area contributed by atoms with Gasteiger partial charge in [0.25, 0.3) is 11.8 Å². The first kappa shape index (κ1) is 25.2. The van der Waals surface area contributed by atoms with Crippen molar-refractivity contribution in [1.82, 2.24) is 20.1 Å². The number of nitrogens with one attached hydrogen (secondary N) is 2. The van der Waals surface area contributed by atoms with E-state index in [0.29, 0.717) is 10.6 Å². The summed E-state index contributed by atoms with van der Waals surface area (Å²) in [6, 6.07) is 7.65. The van der Waals surface area contributed by atoms with E-state index in [9.17, 15) is 13.8 Å². The van der Waals surface area contributed by atoms with Gasteiger partial charge < -0.3 is 10.6 Å². The number of anilines is 1. The number of aromatic nitrogens is 3. The van der Waals surface area contributed by atoms with Gasteiger partial charge in [0.1, 0.15) is 5.69 Å². The van der Waals surface area contributed by atoms with Gasteiger partial charge in [0.15, 0.2) is 5.82 Å². The third-order valence-electron chi connectivity index (χ3n) is 4.59. The lowest BCUT2D eigenvalue weighted by Gasteiger charge is -2.14. The fraction of sp³-hybridized carbons (Fsp3) is 0.190. The first-order valence-corrected chi connectivity index (χ1v) is 12.5. The molecule has 1 unspecified atom stereocenters. The van der Waals surface area contributed by atoms with Crippen LogP contribution in [-0.2, 0) is 15.5 Å². The number of rotatable bonds is 6. The average molecular weight is 520 g/mol. The highest BCUT2D eigenvalue weighted by Gasteiger charge is 2.23. The van der Waals surface area contributed by atoms with Crippen LogP contribution in [0.15, 0.2) is 40.9 Å². The Balaban J connectivity index is 2.12. The Bertz CT molecular complexity index is 1450. The first-order valence-electron chi connectivity index (χ1n) is 9.67. The van der Waals surface area contributed by atoms with E-state index < -0.39 is 21.5 Å². The molecule has 0 spiro atoms. The summed E-state index contributed by atoms with van der Waals surface area (Å²) in [4.78, 5) is 29.9. The molecule has 0 aliphatic rings. The molecule has 0 fully saturated rings. The van der Waals surface area contributed by atoms with Crippen LogP contribution in [0.5, 0.6) is 0 Å². The van der Waals surface area contributed by atoms with E-state index in [-0.39, 0.29) is 39.2 Å². The number of carbonyl (C=O) groups excluding carboxylic acids is 2. The number of amides is 2. The molecule has 0 aliphatic heterocycles. The van der Waals surface area contributed by atoms with Gasteiger partial charge in [-0.2, -0.15) is 10.4 Å². The molecule has 0 saturated carbocycles. The lowest BCUT2D eigenvalue weighted by molar-refractivity contribution is 0.0964. The molecule has 0 saturated heterocycles. The number of nitrogens with zero attached hydrogens (tertiary/aromatic N) is 5. The molecule has 0 aliphatic carbocycles. The van der Waals surface area contributed by atoms with Crippen molar-refractivity contribution in [2.45, 2.75) is 12.7 Å². The third-order valence-corrected chi connectivity index (χ3v) is 6.40. The van der Waals surface area contributed by atoms with E-state index >= 15 is 0 Å². The molecule has 1 atom stereocenters. The predicted octanol–water partition coefficient (Wildman–Crippen LogP) is 3.57. The van der Waals surface area contributed by atoms with Crippen LogP contribution in [0, 0.1) is 18.4 Å². The van der Waals surface area contributed by atoms with Crippen LogP contribution in [0.25, 0.3) is 5.82 Å². The Hall–Kier alpha value is -3.46. The van der Waals surface area contributed by atoms with Gasteiger partial charge >= 0.3 is 0 Å². The number of hydrogen-bond donors (Lipinski definition) is 2. The smallest absolute Gasteiger partial charge is 0.274 e. The fourth-order valence-corrected chi connectivity index (χ4v) is 4.55. The number of benzene rings is 1. The number of nitriles is 1. The van der Waals surface area contributed by atoms with E-state index in [4.69, 9.17) is 28.5 Å². The summed E-state index contributed by atoms with van der Waals surface area (Å²) >= 11 is 12.4. The summed E-state index contributed by atoms with van der Waals surface area (Å²) in [6.45, 7) is 1.70. The van der Waals surface area contributed by atoms with E-state index in [0.717, 1.165) is 0 Å². The van der Waals surface area contributed by atoms with E-state index in [2.05, 4.69) is 25.1 Å². The minimum absolute atomic E-state index is 0.0139. The lowest BCUT2D eigenvalue weighted by Crippen LogP contribution is -2.23. The molecule has 2 aromatic heterocycles. The number of aryl methyl sites for hydroxylation is 1. The summed E-state index contributed by atoms with van der Waals surface area (Å²) in [7, 11) is -1.45. The SMILES string of the molecule is CNC(=O)c1cc(Cl)cc(C)c1NC(=O)c1cc(CS(C)(=O)=NC#N)nn1-c1ncccc1Cl. The van der Waals surface area contributed by atoms with Crippen molar-refractivity contribution in [3.05, 3.63) is 69.1 Å². The number of halogens is 2. The summed E-state index contributed by atoms with van der Waals surface area (Å²) in [6.07, 6.45) is 4.32. The first-order chi connectivity index (χ1) is 16.1. The maximum absolute atomic E-state index is 13.4. The Morgan fingerprint density at radius 1 is 1.26 bits per heavy atom. The van der Waals surface area contributed by atoms with Crippen LogP contribution in [0.3, 0.4) is 0 Å². The van der Waals surface area contributed by atoms with Gasteiger partial charge in [-0.3, -0.25) is 9.59 Å². The van der Waals surface area contributed by atoms with Crippen molar-refractivity contribution >= 4 is 50.4 Å². The number of pyridine rings is 1. The molecular formula is C21H19Cl2N7O3S. The highest BCUT2D eigenvalue weighted by atomic mass is 35.5. The van der Waals surface area contributed by atoms with Gasteiger partial charge in [-0.25, -0.2) is 13.9 Å². The molecule has 2 N–H and O–H groups in total. The molecule has 3 rings (SSSR count). The zero-order valence-electron chi connectivity index (χ0n) is 18.3. The summed E-state index contributed by atoms with van der Waals surface area (Å²) < 4.78 is 17.2. The van der Waals surface area contributed by atoms with Gasteiger partial charge in [-0.1, -0.05) is 23.2 Å². The molecule has 2 amide bonds. The Labute approximate surface area is 206 Å². The molecule has 3 aromatic rings. The molecule has 13 heteroatoms. The Morgan fingerprint density at radius 2 is 2.00 bits per heavy atom. The predicted molar refractivity (Wildman–Crippen MR) is 130 cm³/mol. The van der Waals surface area contributed by atoms with E-state index in [1.807, 2.05) is 0 Å². The average Bonchev–Trinajstić information content (AvgIpc) is 3.17. The van der Waals surface area contributed by atoms with E-state index in [1.165, 1.54) is 42.5 Å². The zero-order chi connectivity index (χ0) is 25.0. The minimum atomic E-state index is -2.91. The van der Waals surface area contributed by atoms with Crippen molar-refractivity contribution in [3.63, 3.8) is 0 Å². The molecule has 10 nitrogen and oxygen atoms in total. The highest BCUT2D eigenvalue weighted by molar-refractivity contribution is 7.92. The van der Waals surface area contributed by atoms with Crippen LogP contribution in [0.4, 0.5) is 5.69 Å². The Morgan fingerprint density at radius 3 is 2.65 bits per heavy atom. The second-order valence-corrected chi connectivity index (χ2v) is 10.4. The van der Waals surface area contributed by atoms with Crippen LogP contribution in [0.1, 0.15) is 32.1 Å². The van der Waals surface area contributed by atoms with Crippen molar-refractivity contribution < 1.29 is 13.8 Å². The van der Waals surface area contributed by atoms with Gasteiger partial charge in [-0.15, -0.1) is 4.36 Å². The topological polar surface area (TPSA) is 142 Å². The zero-order valence-corrected chi connectivity index (χ0v) is 20.6. The van der Waals surface area contributed by atoms with Crippen molar-refractivity contribution in [2.75, 3.05) is 18.6 Å². The molecule has 2 heterocycles. The largest absolute Gasteiger partial charge is 0.355 e. The maximum Gasteiger partial charge on any atom is 0.274 e. The summed E-state index contributed by atoms with van der Waals surface area (Å²) in [5, 5.41) is 18.9. The second kappa shape index (κ2) is 10.2. The summed E-state index contributed by atoms with van der Waals surface area (Å²) in [5.41, 5.74) is 1.24. The number of carbonyl (C=O) groups is 2. The molecular weight excluding hydrogens is 501 g/mol. The lowest BCUT2D eigenvalue weighted by atomic mass is 10.1. The van der Waals surface area contributed by atoms with Gasteiger partial charge in [0.05, 0.1) is 37.4 Å². The molecule has 1 aromatic carbocycles. The molecule has 0 bridgehead atoms. The molecule has 0 radical (unpaired) electrons. The highest BCUT2D eigenvalue weighted by Crippen LogP contribution is 2.27. The van der Waals surface area contributed by atoms with Gasteiger partial charge in [-0.05, 0) is 42.8 Å². The van der Waals surface area contributed by atoms with E-state index in [1.54, 1.807) is 25.1 Å². The quantitative estimate of drug-likeness (QED) is 0.476. The monoisotopic (exact) mass is 519 g/mol. The van der Waals surface area contributed by atoms with Crippen molar-refractivity contribution in [3.8, 4) is 12.0 Å². The van der Waals surface area contributed by atoms with Crippen molar-refractivity contribution in [1.29, 1.82) is 5.26 Å². The molecule has 176 valence electrons. The normalized spacial score (nSPS) is 12.4. The minimum Gasteiger partial charge on any atom is -0.355 e. The fourth-order valence-electron chi connectivity index (χ4n) is 3.15. The van der Waals surface area contributed by atoms with Crippen LogP contribution in [-0.4, -0.2) is 44.1 Å². The Kier molecular flexibility index (Phi) is 7.56. The number of hydrogen-bond acceptors (Lipinski definition) is 7. The van der Waals surface area contributed by atoms with Crippen LogP contribution < -0.4 is 10.6 Å².